The Morgan fingerprint density at radius 3 is 2.76 bits per heavy atom. The van der Waals surface area contributed by atoms with Crippen LogP contribution in [0.5, 0.6) is 0 Å². The van der Waals surface area contributed by atoms with Crippen LogP contribution in [0, 0.1) is 0 Å². The molecule has 0 bridgehead atoms. The van der Waals surface area contributed by atoms with Crippen molar-refractivity contribution in [1.82, 2.24) is 9.71 Å². The number of sulfonamides is 1. The molecule has 1 aromatic carbocycles. The zero-order chi connectivity index (χ0) is 14.9. The molecule has 0 saturated heterocycles. The minimum atomic E-state index is -3.67. The summed E-state index contributed by atoms with van der Waals surface area (Å²) < 4.78 is 27.9. The standard InChI is InChI=1S/C15H18N2O3S/c18-14-8-2-1-6-13(14)17-21(19,20)15-9-3-7-12-11(15)5-4-10-16-12/h3-5,7,9-10,13-14,17-18H,1-2,6,8H2/t13-,14-/m0/s1. The molecule has 1 aromatic heterocycles. The lowest BCUT2D eigenvalue weighted by molar-refractivity contribution is 0.101. The lowest BCUT2D eigenvalue weighted by atomic mass is 9.93. The average molecular weight is 306 g/mol. The summed E-state index contributed by atoms with van der Waals surface area (Å²) in [7, 11) is -3.67. The second-order valence-electron chi connectivity index (χ2n) is 5.41. The zero-order valence-corrected chi connectivity index (χ0v) is 12.4. The van der Waals surface area contributed by atoms with Crippen LogP contribution in [0.1, 0.15) is 25.7 Å². The first-order valence-electron chi connectivity index (χ1n) is 7.12. The lowest BCUT2D eigenvalue weighted by Gasteiger charge is -2.28. The number of hydrogen-bond acceptors (Lipinski definition) is 4. The monoisotopic (exact) mass is 306 g/mol. The highest BCUT2D eigenvalue weighted by molar-refractivity contribution is 7.89. The van der Waals surface area contributed by atoms with Crippen molar-refractivity contribution in [2.45, 2.75) is 42.7 Å². The van der Waals surface area contributed by atoms with Crippen LogP contribution in [0.15, 0.2) is 41.4 Å². The van der Waals surface area contributed by atoms with Crippen molar-refractivity contribution in [3.8, 4) is 0 Å². The number of benzene rings is 1. The van der Waals surface area contributed by atoms with E-state index in [1.54, 1.807) is 36.5 Å². The van der Waals surface area contributed by atoms with E-state index in [4.69, 9.17) is 0 Å². The highest BCUT2D eigenvalue weighted by Gasteiger charge is 2.28. The molecule has 112 valence electrons. The zero-order valence-electron chi connectivity index (χ0n) is 11.6. The number of aliphatic hydroxyl groups is 1. The normalized spacial score (nSPS) is 23.3. The van der Waals surface area contributed by atoms with Gasteiger partial charge in [0.05, 0.1) is 16.5 Å². The van der Waals surface area contributed by atoms with Gasteiger partial charge in [-0.15, -0.1) is 0 Å². The van der Waals surface area contributed by atoms with Crippen LogP contribution in [0.4, 0.5) is 0 Å². The Bertz CT molecular complexity index is 740. The number of aromatic nitrogens is 1. The summed E-state index contributed by atoms with van der Waals surface area (Å²) in [6.07, 6.45) is 4.21. The van der Waals surface area contributed by atoms with Crippen LogP contribution < -0.4 is 4.72 Å². The molecule has 0 unspecified atom stereocenters. The van der Waals surface area contributed by atoms with Crippen molar-refractivity contribution >= 4 is 20.9 Å². The van der Waals surface area contributed by atoms with Crippen LogP contribution in [0.2, 0.25) is 0 Å². The predicted octanol–water partition coefficient (Wildman–Crippen LogP) is 1.82. The summed E-state index contributed by atoms with van der Waals surface area (Å²) in [6.45, 7) is 0. The summed E-state index contributed by atoms with van der Waals surface area (Å²) in [5.41, 5.74) is 0.643. The fourth-order valence-corrected chi connectivity index (χ4v) is 4.34. The SMILES string of the molecule is O=S(=O)(N[C@H]1CCCC[C@@H]1O)c1cccc2ncccc12. The highest BCUT2D eigenvalue weighted by atomic mass is 32.2. The fourth-order valence-electron chi connectivity index (χ4n) is 2.82. The Morgan fingerprint density at radius 2 is 1.95 bits per heavy atom. The smallest absolute Gasteiger partial charge is 0.241 e. The van der Waals surface area contributed by atoms with Gasteiger partial charge in [-0.2, -0.15) is 0 Å². The second kappa shape index (κ2) is 5.71. The molecule has 1 saturated carbocycles. The fraction of sp³-hybridized carbons (Fsp3) is 0.400. The van der Waals surface area contributed by atoms with Gasteiger partial charge in [-0.05, 0) is 37.1 Å². The van der Waals surface area contributed by atoms with Crippen molar-refractivity contribution in [1.29, 1.82) is 0 Å². The maximum Gasteiger partial charge on any atom is 0.241 e. The van der Waals surface area contributed by atoms with Crippen LogP contribution in [-0.2, 0) is 10.0 Å². The molecule has 5 nitrogen and oxygen atoms in total. The number of nitrogens with one attached hydrogen (secondary N) is 1. The number of pyridine rings is 1. The van der Waals surface area contributed by atoms with E-state index >= 15 is 0 Å². The minimum Gasteiger partial charge on any atom is -0.391 e. The van der Waals surface area contributed by atoms with Crippen LogP contribution in [0.25, 0.3) is 10.9 Å². The maximum absolute atomic E-state index is 12.6. The van der Waals surface area contributed by atoms with Gasteiger partial charge in [-0.25, -0.2) is 13.1 Å². The highest BCUT2D eigenvalue weighted by Crippen LogP contribution is 2.24. The third-order valence-electron chi connectivity index (χ3n) is 3.93. The molecular formula is C15H18N2O3S. The summed E-state index contributed by atoms with van der Waals surface area (Å²) in [5.74, 6) is 0. The Labute approximate surface area is 124 Å². The van der Waals surface area contributed by atoms with Crippen LogP contribution in [0.3, 0.4) is 0 Å². The van der Waals surface area contributed by atoms with E-state index < -0.39 is 22.2 Å². The van der Waals surface area contributed by atoms with Gasteiger partial charge >= 0.3 is 0 Å². The lowest BCUT2D eigenvalue weighted by Crippen LogP contribution is -2.44. The average Bonchev–Trinajstić information content (AvgIpc) is 2.49. The first kappa shape index (κ1) is 14.4. The number of aliphatic hydroxyl groups excluding tert-OH is 1. The van der Waals surface area contributed by atoms with E-state index in [9.17, 15) is 13.5 Å². The van der Waals surface area contributed by atoms with E-state index in [1.807, 2.05) is 0 Å². The van der Waals surface area contributed by atoms with Crippen molar-refractivity contribution in [2.24, 2.45) is 0 Å². The van der Waals surface area contributed by atoms with Crippen molar-refractivity contribution in [3.63, 3.8) is 0 Å². The molecular weight excluding hydrogens is 288 g/mol. The number of rotatable bonds is 3. The number of hydrogen-bond donors (Lipinski definition) is 2. The van der Waals surface area contributed by atoms with Gasteiger partial charge in [-0.1, -0.05) is 18.9 Å². The Hall–Kier alpha value is -1.50. The minimum absolute atomic E-state index is 0.214. The largest absolute Gasteiger partial charge is 0.391 e. The molecule has 0 radical (unpaired) electrons. The molecule has 2 atom stereocenters. The molecule has 1 aliphatic carbocycles. The third kappa shape index (κ3) is 2.92. The molecule has 2 aromatic rings. The van der Waals surface area contributed by atoms with Gasteiger partial charge in [0.2, 0.25) is 10.0 Å². The summed E-state index contributed by atoms with van der Waals surface area (Å²) in [5, 5.41) is 10.5. The molecule has 0 aliphatic heterocycles. The van der Waals surface area contributed by atoms with Crippen LogP contribution >= 0.6 is 0 Å². The number of nitrogens with zero attached hydrogens (tertiary/aromatic N) is 1. The molecule has 0 spiro atoms. The van der Waals surface area contributed by atoms with E-state index in [0.29, 0.717) is 23.7 Å². The second-order valence-corrected chi connectivity index (χ2v) is 7.09. The Kier molecular flexibility index (Phi) is 3.93. The summed E-state index contributed by atoms with van der Waals surface area (Å²) in [6, 6.07) is 8.09. The predicted molar refractivity (Wildman–Crippen MR) is 80.3 cm³/mol. The van der Waals surface area contributed by atoms with E-state index in [0.717, 1.165) is 12.8 Å². The molecule has 1 aliphatic rings. The summed E-state index contributed by atoms with van der Waals surface area (Å²) in [4.78, 5) is 4.39. The van der Waals surface area contributed by atoms with Gasteiger partial charge in [-0.3, -0.25) is 4.98 Å². The van der Waals surface area contributed by atoms with Gasteiger partial charge in [0.1, 0.15) is 0 Å². The molecule has 1 fully saturated rings. The number of fused-ring (bicyclic) bond motifs is 1. The Balaban J connectivity index is 1.97. The van der Waals surface area contributed by atoms with E-state index in [1.165, 1.54) is 0 Å². The summed E-state index contributed by atoms with van der Waals surface area (Å²) >= 11 is 0. The molecule has 21 heavy (non-hydrogen) atoms. The maximum atomic E-state index is 12.6. The van der Waals surface area contributed by atoms with Gasteiger partial charge in [0.15, 0.2) is 0 Å². The van der Waals surface area contributed by atoms with Gasteiger partial charge < -0.3 is 5.11 Å². The first-order chi connectivity index (χ1) is 10.1. The van der Waals surface area contributed by atoms with Gasteiger partial charge in [0.25, 0.3) is 0 Å². The quantitative estimate of drug-likeness (QED) is 0.906. The Morgan fingerprint density at radius 1 is 1.14 bits per heavy atom. The van der Waals surface area contributed by atoms with Crippen molar-refractivity contribution in [2.75, 3.05) is 0 Å². The molecule has 3 rings (SSSR count). The van der Waals surface area contributed by atoms with Crippen LogP contribution in [-0.4, -0.2) is 30.7 Å². The molecule has 6 heteroatoms. The molecule has 2 N–H and O–H groups in total. The topological polar surface area (TPSA) is 79.3 Å². The first-order valence-corrected chi connectivity index (χ1v) is 8.60. The molecule has 1 heterocycles. The third-order valence-corrected chi connectivity index (χ3v) is 5.48. The van der Waals surface area contributed by atoms with Gasteiger partial charge in [0, 0.05) is 17.6 Å². The van der Waals surface area contributed by atoms with E-state index in [-0.39, 0.29) is 4.90 Å². The van der Waals surface area contributed by atoms with Crippen molar-refractivity contribution in [3.05, 3.63) is 36.5 Å². The van der Waals surface area contributed by atoms with E-state index in [2.05, 4.69) is 9.71 Å². The van der Waals surface area contributed by atoms with Crippen molar-refractivity contribution < 1.29 is 13.5 Å². The molecule has 0 amide bonds.